The van der Waals surface area contributed by atoms with Gasteiger partial charge >= 0.3 is 0 Å². The van der Waals surface area contributed by atoms with Crippen molar-refractivity contribution in [1.82, 2.24) is 10.2 Å². The second kappa shape index (κ2) is 8.71. The van der Waals surface area contributed by atoms with Crippen molar-refractivity contribution < 1.29 is 18.3 Å². The van der Waals surface area contributed by atoms with Gasteiger partial charge in [0.25, 0.3) is 5.91 Å². The van der Waals surface area contributed by atoms with Gasteiger partial charge in [0.05, 0.1) is 18.7 Å². The molecule has 0 radical (unpaired) electrons. The Hall–Kier alpha value is -3.12. The first-order valence-electron chi connectivity index (χ1n) is 8.93. The number of rotatable bonds is 7. The number of nitrogens with zero attached hydrogens (tertiary/aromatic N) is 1. The minimum Gasteiger partial charge on any atom is -0.497 e. The van der Waals surface area contributed by atoms with Crippen LogP contribution in [0.3, 0.4) is 0 Å². The number of hydrogen-bond acceptors (Lipinski definition) is 4. The topological polar surface area (TPSA) is 54.7 Å². The van der Waals surface area contributed by atoms with Gasteiger partial charge in [-0.25, -0.2) is 4.39 Å². The highest BCUT2D eigenvalue weighted by molar-refractivity contribution is 5.92. The SMILES string of the molecule is COc1ccc(C(CNC(=O)c2ccc(-c3ccccc3F)o2)N(C)C)cc1. The van der Waals surface area contributed by atoms with Crippen LogP contribution in [0.4, 0.5) is 4.39 Å². The Labute approximate surface area is 163 Å². The molecule has 0 fully saturated rings. The smallest absolute Gasteiger partial charge is 0.287 e. The number of benzene rings is 2. The monoisotopic (exact) mass is 382 g/mol. The van der Waals surface area contributed by atoms with Crippen LogP contribution >= 0.6 is 0 Å². The second-order valence-corrected chi connectivity index (χ2v) is 6.61. The minimum atomic E-state index is -0.393. The maximum Gasteiger partial charge on any atom is 0.287 e. The molecule has 0 aliphatic rings. The average Bonchev–Trinajstić information content (AvgIpc) is 3.18. The van der Waals surface area contributed by atoms with Gasteiger partial charge in [-0.05, 0) is 56.1 Å². The summed E-state index contributed by atoms with van der Waals surface area (Å²) in [7, 11) is 5.52. The molecule has 0 saturated heterocycles. The molecule has 0 aliphatic heterocycles. The highest BCUT2D eigenvalue weighted by atomic mass is 19.1. The Morgan fingerprint density at radius 2 is 1.82 bits per heavy atom. The molecule has 1 aromatic heterocycles. The van der Waals surface area contributed by atoms with Crippen molar-refractivity contribution in [1.29, 1.82) is 0 Å². The molecule has 146 valence electrons. The lowest BCUT2D eigenvalue weighted by Gasteiger charge is -2.25. The summed E-state index contributed by atoms with van der Waals surface area (Å²) in [6.45, 7) is 0.397. The molecule has 1 atom stereocenters. The molecule has 0 bridgehead atoms. The van der Waals surface area contributed by atoms with Crippen molar-refractivity contribution in [3.8, 4) is 17.1 Å². The molecule has 6 heteroatoms. The van der Waals surface area contributed by atoms with E-state index in [0.29, 0.717) is 17.9 Å². The molecule has 2 aromatic carbocycles. The highest BCUT2D eigenvalue weighted by Gasteiger charge is 2.18. The van der Waals surface area contributed by atoms with Crippen LogP contribution in [0.2, 0.25) is 0 Å². The number of carbonyl (C=O) groups excluding carboxylic acids is 1. The molecule has 0 saturated carbocycles. The number of halogens is 1. The van der Waals surface area contributed by atoms with E-state index in [0.717, 1.165) is 11.3 Å². The summed E-state index contributed by atoms with van der Waals surface area (Å²) in [6.07, 6.45) is 0. The first-order valence-corrected chi connectivity index (χ1v) is 8.93. The molecule has 1 amide bonds. The van der Waals surface area contributed by atoms with Gasteiger partial charge in [-0.2, -0.15) is 0 Å². The van der Waals surface area contributed by atoms with Gasteiger partial charge in [0.15, 0.2) is 5.76 Å². The zero-order valence-corrected chi connectivity index (χ0v) is 16.1. The predicted molar refractivity (Wildman–Crippen MR) is 106 cm³/mol. The lowest BCUT2D eigenvalue weighted by atomic mass is 10.1. The summed E-state index contributed by atoms with van der Waals surface area (Å²) in [6, 6.07) is 17.1. The van der Waals surface area contributed by atoms with E-state index >= 15 is 0 Å². The number of furan rings is 1. The summed E-state index contributed by atoms with van der Waals surface area (Å²) in [5.74, 6) is 0.508. The largest absolute Gasteiger partial charge is 0.497 e. The molecule has 1 unspecified atom stereocenters. The molecule has 0 spiro atoms. The maximum absolute atomic E-state index is 13.9. The lowest BCUT2D eigenvalue weighted by molar-refractivity contribution is 0.0915. The van der Waals surface area contributed by atoms with E-state index in [-0.39, 0.29) is 17.7 Å². The molecular formula is C22H23FN2O3. The summed E-state index contributed by atoms with van der Waals surface area (Å²) in [5.41, 5.74) is 1.38. The number of hydrogen-bond donors (Lipinski definition) is 1. The first-order chi connectivity index (χ1) is 13.5. The molecule has 1 N–H and O–H groups in total. The predicted octanol–water partition coefficient (Wildman–Crippen LogP) is 4.13. The number of likely N-dealkylation sites (N-methyl/N-ethyl adjacent to an activating group) is 1. The fourth-order valence-corrected chi connectivity index (χ4v) is 2.97. The summed E-state index contributed by atoms with van der Waals surface area (Å²) in [5, 5.41) is 2.89. The Bertz CT molecular complexity index is 935. The Kier molecular flexibility index (Phi) is 6.11. The van der Waals surface area contributed by atoms with Gasteiger partial charge < -0.3 is 19.4 Å². The molecule has 3 rings (SSSR count). The third-order valence-corrected chi connectivity index (χ3v) is 4.55. The third-order valence-electron chi connectivity index (χ3n) is 4.55. The van der Waals surface area contributed by atoms with Gasteiger partial charge in [-0.15, -0.1) is 0 Å². The fourth-order valence-electron chi connectivity index (χ4n) is 2.97. The quantitative estimate of drug-likeness (QED) is 0.668. The van der Waals surface area contributed by atoms with Crippen LogP contribution in [0, 0.1) is 5.82 Å². The zero-order valence-electron chi connectivity index (χ0n) is 16.1. The van der Waals surface area contributed by atoms with Crippen molar-refractivity contribution in [2.45, 2.75) is 6.04 Å². The number of methoxy groups -OCH3 is 1. The van der Waals surface area contributed by atoms with E-state index in [1.165, 1.54) is 6.07 Å². The van der Waals surface area contributed by atoms with E-state index < -0.39 is 5.82 Å². The Morgan fingerprint density at radius 3 is 2.46 bits per heavy atom. The molecule has 5 nitrogen and oxygen atoms in total. The van der Waals surface area contributed by atoms with Crippen LogP contribution in [0.5, 0.6) is 5.75 Å². The van der Waals surface area contributed by atoms with Crippen LogP contribution in [0.1, 0.15) is 22.2 Å². The van der Waals surface area contributed by atoms with E-state index in [9.17, 15) is 9.18 Å². The number of carbonyl (C=O) groups is 1. The molecule has 0 aliphatic carbocycles. The summed E-state index contributed by atoms with van der Waals surface area (Å²) >= 11 is 0. The second-order valence-electron chi connectivity index (χ2n) is 6.61. The Morgan fingerprint density at radius 1 is 1.11 bits per heavy atom. The zero-order chi connectivity index (χ0) is 20.1. The van der Waals surface area contributed by atoms with Crippen molar-refractivity contribution in [3.63, 3.8) is 0 Å². The number of amides is 1. The van der Waals surface area contributed by atoms with E-state index in [4.69, 9.17) is 9.15 Å². The van der Waals surface area contributed by atoms with E-state index in [1.54, 1.807) is 37.4 Å². The fraction of sp³-hybridized carbons (Fsp3) is 0.227. The molecule has 1 heterocycles. The van der Waals surface area contributed by atoms with Crippen LogP contribution in [-0.4, -0.2) is 38.6 Å². The van der Waals surface area contributed by atoms with Crippen molar-refractivity contribution >= 4 is 5.91 Å². The lowest BCUT2D eigenvalue weighted by Crippen LogP contribution is -2.34. The van der Waals surface area contributed by atoms with Gasteiger partial charge in [-0.3, -0.25) is 4.79 Å². The van der Waals surface area contributed by atoms with Crippen LogP contribution in [-0.2, 0) is 0 Å². The standard InChI is InChI=1S/C22H23FN2O3/c1-25(2)19(15-8-10-16(27-3)11-9-15)14-24-22(26)21-13-12-20(28-21)17-6-4-5-7-18(17)23/h4-13,19H,14H2,1-3H3,(H,24,26). The average molecular weight is 382 g/mol. The molecule has 28 heavy (non-hydrogen) atoms. The highest BCUT2D eigenvalue weighted by Crippen LogP contribution is 2.25. The van der Waals surface area contributed by atoms with Crippen molar-refractivity contribution in [2.75, 3.05) is 27.7 Å². The third kappa shape index (κ3) is 4.40. The normalized spacial score (nSPS) is 12.0. The number of ether oxygens (including phenoxy) is 1. The van der Waals surface area contributed by atoms with Gasteiger partial charge in [-0.1, -0.05) is 24.3 Å². The van der Waals surface area contributed by atoms with Gasteiger partial charge in [0, 0.05) is 6.54 Å². The molecular weight excluding hydrogens is 359 g/mol. The summed E-state index contributed by atoms with van der Waals surface area (Å²) in [4.78, 5) is 14.5. The van der Waals surface area contributed by atoms with Crippen molar-refractivity contribution in [2.24, 2.45) is 0 Å². The Balaban J connectivity index is 1.69. The van der Waals surface area contributed by atoms with E-state index in [1.807, 2.05) is 43.3 Å². The van der Waals surface area contributed by atoms with Crippen LogP contribution < -0.4 is 10.1 Å². The minimum absolute atomic E-state index is 0.0177. The molecule has 3 aromatic rings. The van der Waals surface area contributed by atoms with Gasteiger partial charge in [0.2, 0.25) is 0 Å². The van der Waals surface area contributed by atoms with Crippen LogP contribution in [0.15, 0.2) is 65.1 Å². The van der Waals surface area contributed by atoms with Gasteiger partial charge in [0.1, 0.15) is 17.3 Å². The van der Waals surface area contributed by atoms with E-state index in [2.05, 4.69) is 5.32 Å². The number of nitrogens with one attached hydrogen (secondary N) is 1. The maximum atomic E-state index is 13.9. The van der Waals surface area contributed by atoms with Crippen molar-refractivity contribution in [3.05, 3.63) is 77.8 Å². The first kappa shape index (κ1) is 19.6. The summed E-state index contributed by atoms with van der Waals surface area (Å²) < 4.78 is 24.6. The van der Waals surface area contributed by atoms with Crippen LogP contribution in [0.25, 0.3) is 11.3 Å².